The van der Waals surface area contributed by atoms with Crippen LogP contribution in [0.15, 0.2) is 18.3 Å². The van der Waals surface area contributed by atoms with Crippen molar-refractivity contribution >= 4 is 11.7 Å². The largest absolute Gasteiger partial charge is 0.384 e. The predicted molar refractivity (Wildman–Crippen MR) is 72.8 cm³/mol. The number of nitrogens with one attached hydrogen (secondary N) is 1. The van der Waals surface area contributed by atoms with Gasteiger partial charge in [-0.1, -0.05) is 0 Å². The van der Waals surface area contributed by atoms with E-state index < -0.39 is 0 Å². The first-order chi connectivity index (χ1) is 9.15. The van der Waals surface area contributed by atoms with Crippen LogP contribution in [0.1, 0.15) is 17.3 Å². The summed E-state index contributed by atoms with van der Waals surface area (Å²) in [6.07, 6.45) is 1.49. The van der Waals surface area contributed by atoms with Crippen LogP contribution in [0.5, 0.6) is 0 Å². The van der Waals surface area contributed by atoms with Crippen molar-refractivity contribution in [1.29, 1.82) is 0 Å². The molecule has 19 heavy (non-hydrogen) atoms. The molecule has 0 aliphatic carbocycles. The second kappa shape index (κ2) is 6.49. The van der Waals surface area contributed by atoms with Gasteiger partial charge in [-0.05, 0) is 19.1 Å². The van der Waals surface area contributed by atoms with E-state index >= 15 is 0 Å². The van der Waals surface area contributed by atoms with Gasteiger partial charge in [-0.15, -0.1) is 0 Å². The highest BCUT2D eigenvalue weighted by Crippen LogP contribution is 2.03. The number of aromatic nitrogens is 1. The normalized spacial score (nSPS) is 17.9. The molecule has 1 atom stereocenters. The Balaban J connectivity index is 1.82. The highest BCUT2D eigenvalue weighted by Gasteiger charge is 2.15. The number of ether oxygens (including phenoxy) is 1. The molecule has 1 saturated heterocycles. The number of nitrogens with zero attached hydrogens (tertiary/aromatic N) is 2. The lowest BCUT2D eigenvalue weighted by molar-refractivity contribution is 0.0342. The van der Waals surface area contributed by atoms with Crippen LogP contribution in [0.2, 0.25) is 0 Å². The first-order valence-corrected chi connectivity index (χ1v) is 6.47. The Morgan fingerprint density at radius 3 is 2.89 bits per heavy atom. The van der Waals surface area contributed by atoms with Gasteiger partial charge in [-0.2, -0.15) is 0 Å². The standard InChI is InChI=1S/C13H20N4O2/c1-10(9-17-4-6-19-7-5-17)16-13(18)11-2-3-12(14)15-8-11/h2-3,8,10H,4-7,9H2,1H3,(H2,14,15)(H,16,18). The molecular weight excluding hydrogens is 244 g/mol. The predicted octanol–water partition coefficient (Wildman–Crippen LogP) is 0.114. The van der Waals surface area contributed by atoms with Crippen LogP contribution in [-0.4, -0.2) is 54.7 Å². The van der Waals surface area contributed by atoms with E-state index in [4.69, 9.17) is 10.5 Å². The lowest BCUT2D eigenvalue weighted by atomic mass is 10.2. The molecule has 1 aromatic heterocycles. The van der Waals surface area contributed by atoms with E-state index in [0.717, 1.165) is 32.8 Å². The van der Waals surface area contributed by atoms with Gasteiger partial charge in [0.1, 0.15) is 5.82 Å². The zero-order valence-electron chi connectivity index (χ0n) is 11.1. The Hall–Kier alpha value is -1.66. The van der Waals surface area contributed by atoms with E-state index in [9.17, 15) is 4.79 Å². The maximum absolute atomic E-state index is 12.0. The van der Waals surface area contributed by atoms with Gasteiger partial charge in [0.15, 0.2) is 0 Å². The summed E-state index contributed by atoms with van der Waals surface area (Å²) in [5.74, 6) is 0.297. The molecule has 1 aliphatic rings. The van der Waals surface area contributed by atoms with Crippen LogP contribution in [-0.2, 0) is 4.74 Å². The quantitative estimate of drug-likeness (QED) is 0.807. The highest BCUT2D eigenvalue weighted by atomic mass is 16.5. The number of carbonyl (C=O) groups is 1. The van der Waals surface area contributed by atoms with Gasteiger partial charge in [0, 0.05) is 31.9 Å². The molecule has 1 amide bonds. The minimum atomic E-state index is -0.117. The molecule has 6 nitrogen and oxygen atoms in total. The van der Waals surface area contributed by atoms with E-state index in [2.05, 4.69) is 15.2 Å². The van der Waals surface area contributed by atoms with Crippen LogP contribution in [0.25, 0.3) is 0 Å². The highest BCUT2D eigenvalue weighted by molar-refractivity contribution is 5.94. The summed E-state index contributed by atoms with van der Waals surface area (Å²) in [5.41, 5.74) is 6.02. The van der Waals surface area contributed by atoms with Crippen molar-refractivity contribution in [3.8, 4) is 0 Å². The number of morpholine rings is 1. The van der Waals surface area contributed by atoms with Crippen molar-refractivity contribution in [3.05, 3.63) is 23.9 Å². The first kappa shape index (κ1) is 13.8. The van der Waals surface area contributed by atoms with E-state index in [0.29, 0.717) is 11.4 Å². The number of hydrogen-bond acceptors (Lipinski definition) is 5. The van der Waals surface area contributed by atoms with Crippen LogP contribution >= 0.6 is 0 Å². The fourth-order valence-corrected chi connectivity index (χ4v) is 2.06. The van der Waals surface area contributed by atoms with Crippen molar-refractivity contribution in [1.82, 2.24) is 15.2 Å². The van der Waals surface area contributed by atoms with Gasteiger partial charge in [0.2, 0.25) is 0 Å². The molecule has 6 heteroatoms. The topological polar surface area (TPSA) is 80.5 Å². The average Bonchev–Trinajstić information content (AvgIpc) is 2.40. The number of carbonyl (C=O) groups excluding carboxylic acids is 1. The molecule has 0 spiro atoms. The number of nitrogen functional groups attached to an aromatic ring is 1. The van der Waals surface area contributed by atoms with Crippen LogP contribution in [0.3, 0.4) is 0 Å². The Morgan fingerprint density at radius 1 is 1.53 bits per heavy atom. The fraction of sp³-hybridized carbons (Fsp3) is 0.538. The molecule has 0 bridgehead atoms. The SMILES string of the molecule is CC(CN1CCOCC1)NC(=O)c1ccc(N)nc1. The van der Waals surface area contributed by atoms with Gasteiger partial charge in [-0.3, -0.25) is 9.69 Å². The number of anilines is 1. The third-order valence-corrected chi connectivity index (χ3v) is 3.06. The van der Waals surface area contributed by atoms with Crippen molar-refractivity contribution in [2.24, 2.45) is 0 Å². The zero-order valence-corrected chi connectivity index (χ0v) is 11.1. The number of rotatable bonds is 4. The summed E-state index contributed by atoms with van der Waals surface area (Å²) in [4.78, 5) is 18.2. The molecule has 0 saturated carbocycles. The van der Waals surface area contributed by atoms with Crippen molar-refractivity contribution in [2.45, 2.75) is 13.0 Å². The summed E-state index contributed by atoms with van der Waals surface area (Å²) >= 11 is 0. The minimum Gasteiger partial charge on any atom is -0.384 e. The van der Waals surface area contributed by atoms with Gasteiger partial charge >= 0.3 is 0 Å². The summed E-state index contributed by atoms with van der Waals surface area (Å²) in [5, 5.41) is 2.96. The average molecular weight is 264 g/mol. The first-order valence-electron chi connectivity index (χ1n) is 6.47. The molecule has 0 radical (unpaired) electrons. The lowest BCUT2D eigenvalue weighted by Crippen LogP contribution is -2.46. The maximum atomic E-state index is 12.0. The number of nitrogens with two attached hydrogens (primary N) is 1. The molecule has 2 rings (SSSR count). The number of hydrogen-bond donors (Lipinski definition) is 2. The second-order valence-corrected chi connectivity index (χ2v) is 4.76. The molecule has 2 heterocycles. The smallest absolute Gasteiger partial charge is 0.253 e. The lowest BCUT2D eigenvalue weighted by Gasteiger charge is -2.29. The van der Waals surface area contributed by atoms with Gasteiger partial charge in [0.25, 0.3) is 5.91 Å². The molecule has 0 aromatic carbocycles. The third-order valence-electron chi connectivity index (χ3n) is 3.06. The molecule has 1 fully saturated rings. The number of amides is 1. The van der Waals surface area contributed by atoms with E-state index in [1.807, 2.05) is 6.92 Å². The minimum absolute atomic E-state index is 0.0863. The van der Waals surface area contributed by atoms with E-state index in [-0.39, 0.29) is 11.9 Å². The third kappa shape index (κ3) is 4.18. The van der Waals surface area contributed by atoms with Crippen LogP contribution < -0.4 is 11.1 Å². The summed E-state index contributed by atoms with van der Waals surface area (Å²) in [6, 6.07) is 3.39. The second-order valence-electron chi connectivity index (χ2n) is 4.76. The van der Waals surface area contributed by atoms with Crippen LogP contribution in [0.4, 0.5) is 5.82 Å². The molecule has 1 unspecified atom stereocenters. The summed E-state index contributed by atoms with van der Waals surface area (Å²) in [6.45, 7) is 6.20. The molecule has 104 valence electrons. The van der Waals surface area contributed by atoms with Gasteiger partial charge in [-0.25, -0.2) is 4.98 Å². The van der Waals surface area contributed by atoms with E-state index in [1.54, 1.807) is 12.1 Å². The van der Waals surface area contributed by atoms with Crippen molar-refractivity contribution in [3.63, 3.8) is 0 Å². The maximum Gasteiger partial charge on any atom is 0.253 e. The fourth-order valence-electron chi connectivity index (χ4n) is 2.06. The Kier molecular flexibility index (Phi) is 4.70. The van der Waals surface area contributed by atoms with Crippen molar-refractivity contribution < 1.29 is 9.53 Å². The van der Waals surface area contributed by atoms with E-state index in [1.165, 1.54) is 6.20 Å². The van der Waals surface area contributed by atoms with Crippen LogP contribution in [0, 0.1) is 0 Å². The summed E-state index contributed by atoms with van der Waals surface area (Å²) < 4.78 is 5.29. The Labute approximate surface area is 112 Å². The Morgan fingerprint density at radius 2 is 2.26 bits per heavy atom. The molecule has 3 N–H and O–H groups in total. The zero-order chi connectivity index (χ0) is 13.7. The summed E-state index contributed by atoms with van der Waals surface area (Å²) in [7, 11) is 0. The Bertz CT molecular complexity index is 415. The molecule has 1 aliphatic heterocycles. The molecular formula is C13H20N4O2. The monoisotopic (exact) mass is 264 g/mol. The van der Waals surface area contributed by atoms with Crippen molar-refractivity contribution in [2.75, 3.05) is 38.6 Å². The van der Waals surface area contributed by atoms with Gasteiger partial charge < -0.3 is 15.8 Å². The van der Waals surface area contributed by atoms with Gasteiger partial charge in [0.05, 0.1) is 18.8 Å². The number of pyridine rings is 1. The molecule has 1 aromatic rings.